The first-order valence-corrected chi connectivity index (χ1v) is 9.24. The largest absolute Gasteiger partial charge is 0.326 e. The standard InChI is InChI=1S/C21H22N4O4/c1-13(26)22-16-6-3-7-17(11-16)23-20(28)21(29)24-18-9-8-15-5-4-10-25(14(2)27)19(15)12-18/h3,6-9,11-12H,4-5,10H2,1-2H3,(H,22,26)(H,23,28)(H,24,29). The normalized spacial score (nSPS) is 12.6. The number of anilines is 4. The summed E-state index contributed by atoms with van der Waals surface area (Å²) >= 11 is 0. The molecule has 3 N–H and O–H groups in total. The fourth-order valence-corrected chi connectivity index (χ4v) is 3.23. The number of carbonyl (C=O) groups excluding carboxylic acids is 4. The molecule has 0 spiro atoms. The number of carbonyl (C=O) groups is 4. The summed E-state index contributed by atoms with van der Waals surface area (Å²) in [5, 5.41) is 7.66. The zero-order valence-electron chi connectivity index (χ0n) is 16.2. The highest BCUT2D eigenvalue weighted by Crippen LogP contribution is 2.30. The van der Waals surface area contributed by atoms with Gasteiger partial charge in [-0.2, -0.15) is 0 Å². The Labute approximate surface area is 168 Å². The summed E-state index contributed by atoms with van der Waals surface area (Å²) in [5.41, 5.74) is 3.11. The second-order valence-electron chi connectivity index (χ2n) is 6.79. The Balaban J connectivity index is 1.69. The van der Waals surface area contributed by atoms with Crippen LogP contribution in [0.3, 0.4) is 0 Å². The van der Waals surface area contributed by atoms with E-state index in [1.807, 2.05) is 6.07 Å². The molecular weight excluding hydrogens is 372 g/mol. The molecule has 4 amide bonds. The maximum absolute atomic E-state index is 12.3. The van der Waals surface area contributed by atoms with Gasteiger partial charge in [0.05, 0.1) is 0 Å². The quantitative estimate of drug-likeness (QED) is 0.695. The highest BCUT2D eigenvalue weighted by atomic mass is 16.2. The summed E-state index contributed by atoms with van der Waals surface area (Å²) in [5.74, 6) is -1.98. The number of hydrogen-bond acceptors (Lipinski definition) is 4. The number of nitrogens with one attached hydrogen (secondary N) is 3. The van der Waals surface area contributed by atoms with Crippen LogP contribution in [0, 0.1) is 0 Å². The van der Waals surface area contributed by atoms with Gasteiger partial charge in [-0.05, 0) is 48.7 Å². The molecule has 0 aliphatic carbocycles. The lowest BCUT2D eigenvalue weighted by atomic mass is 10.0. The van der Waals surface area contributed by atoms with Crippen molar-refractivity contribution in [2.45, 2.75) is 26.7 Å². The van der Waals surface area contributed by atoms with Crippen LogP contribution in [0.15, 0.2) is 42.5 Å². The third kappa shape index (κ3) is 4.98. The predicted octanol–water partition coefficient (Wildman–Crippen LogP) is 2.52. The van der Waals surface area contributed by atoms with Crippen LogP contribution in [-0.2, 0) is 25.6 Å². The monoisotopic (exact) mass is 394 g/mol. The lowest BCUT2D eigenvalue weighted by Crippen LogP contribution is -2.34. The fourth-order valence-electron chi connectivity index (χ4n) is 3.23. The molecule has 0 unspecified atom stereocenters. The highest BCUT2D eigenvalue weighted by molar-refractivity contribution is 6.43. The summed E-state index contributed by atoms with van der Waals surface area (Å²) in [6.07, 6.45) is 1.75. The molecule has 8 nitrogen and oxygen atoms in total. The van der Waals surface area contributed by atoms with Gasteiger partial charge in [0.1, 0.15) is 0 Å². The van der Waals surface area contributed by atoms with Crippen LogP contribution in [0.5, 0.6) is 0 Å². The van der Waals surface area contributed by atoms with E-state index in [1.54, 1.807) is 41.3 Å². The number of hydrogen-bond donors (Lipinski definition) is 3. The molecule has 2 aromatic carbocycles. The summed E-state index contributed by atoms with van der Waals surface area (Å²) < 4.78 is 0. The maximum atomic E-state index is 12.3. The Bertz CT molecular complexity index is 986. The van der Waals surface area contributed by atoms with Crippen molar-refractivity contribution >= 4 is 46.4 Å². The van der Waals surface area contributed by atoms with Gasteiger partial charge in [-0.25, -0.2) is 0 Å². The van der Waals surface area contributed by atoms with Gasteiger partial charge >= 0.3 is 11.8 Å². The van der Waals surface area contributed by atoms with Crippen molar-refractivity contribution in [2.75, 3.05) is 27.4 Å². The van der Waals surface area contributed by atoms with Crippen LogP contribution in [0.25, 0.3) is 0 Å². The van der Waals surface area contributed by atoms with Gasteiger partial charge in [-0.15, -0.1) is 0 Å². The maximum Gasteiger partial charge on any atom is 0.314 e. The van der Waals surface area contributed by atoms with Gasteiger partial charge in [0, 0.05) is 43.1 Å². The predicted molar refractivity (Wildman–Crippen MR) is 111 cm³/mol. The van der Waals surface area contributed by atoms with Crippen LogP contribution in [-0.4, -0.2) is 30.2 Å². The molecule has 0 fully saturated rings. The zero-order valence-corrected chi connectivity index (χ0v) is 16.2. The minimum absolute atomic E-state index is 0.0637. The van der Waals surface area contributed by atoms with E-state index in [2.05, 4.69) is 16.0 Å². The van der Waals surface area contributed by atoms with E-state index < -0.39 is 11.8 Å². The van der Waals surface area contributed by atoms with Crippen molar-refractivity contribution in [1.29, 1.82) is 0 Å². The highest BCUT2D eigenvalue weighted by Gasteiger charge is 2.21. The summed E-state index contributed by atoms with van der Waals surface area (Å²) in [4.78, 5) is 49.2. The molecule has 150 valence electrons. The van der Waals surface area contributed by atoms with E-state index >= 15 is 0 Å². The minimum Gasteiger partial charge on any atom is -0.326 e. The number of nitrogens with zero attached hydrogens (tertiary/aromatic N) is 1. The molecule has 8 heteroatoms. The van der Waals surface area contributed by atoms with E-state index in [-0.39, 0.29) is 11.8 Å². The van der Waals surface area contributed by atoms with Crippen molar-refractivity contribution < 1.29 is 19.2 Å². The molecule has 1 aliphatic heterocycles. The average molecular weight is 394 g/mol. The molecule has 2 aromatic rings. The topological polar surface area (TPSA) is 108 Å². The van der Waals surface area contributed by atoms with Crippen molar-refractivity contribution in [3.8, 4) is 0 Å². The summed E-state index contributed by atoms with van der Waals surface area (Å²) in [6.45, 7) is 3.51. The van der Waals surface area contributed by atoms with Crippen LogP contribution < -0.4 is 20.9 Å². The molecule has 3 rings (SSSR count). The van der Waals surface area contributed by atoms with Crippen LogP contribution in [0.2, 0.25) is 0 Å². The van der Waals surface area contributed by atoms with E-state index in [1.165, 1.54) is 13.8 Å². The number of amides is 4. The Morgan fingerprint density at radius 2 is 1.45 bits per heavy atom. The van der Waals surface area contributed by atoms with Crippen molar-refractivity contribution in [3.05, 3.63) is 48.0 Å². The van der Waals surface area contributed by atoms with Gasteiger partial charge in [0.2, 0.25) is 11.8 Å². The second-order valence-corrected chi connectivity index (χ2v) is 6.79. The van der Waals surface area contributed by atoms with Crippen molar-refractivity contribution in [3.63, 3.8) is 0 Å². The van der Waals surface area contributed by atoms with Gasteiger partial charge in [-0.3, -0.25) is 19.2 Å². The molecule has 1 aliphatic rings. The molecule has 0 radical (unpaired) electrons. The third-order valence-electron chi connectivity index (χ3n) is 4.49. The molecule has 0 saturated heterocycles. The number of benzene rings is 2. The fraction of sp³-hybridized carbons (Fsp3) is 0.238. The first kappa shape index (κ1) is 20.1. The van der Waals surface area contributed by atoms with E-state index in [0.29, 0.717) is 23.6 Å². The zero-order chi connectivity index (χ0) is 21.0. The van der Waals surface area contributed by atoms with Gasteiger partial charge in [0.15, 0.2) is 0 Å². The Morgan fingerprint density at radius 1 is 0.828 bits per heavy atom. The smallest absolute Gasteiger partial charge is 0.314 e. The van der Waals surface area contributed by atoms with Gasteiger partial charge < -0.3 is 20.9 Å². The average Bonchev–Trinajstić information content (AvgIpc) is 2.67. The van der Waals surface area contributed by atoms with Gasteiger partial charge in [0.25, 0.3) is 0 Å². The number of rotatable bonds is 3. The Hall–Kier alpha value is -3.68. The lowest BCUT2D eigenvalue weighted by molar-refractivity contribution is -0.132. The Kier molecular flexibility index (Phi) is 5.92. The molecule has 1 heterocycles. The second kappa shape index (κ2) is 8.55. The molecule has 0 atom stereocenters. The lowest BCUT2D eigenvalue weighted by Gasteiger charge is -2.29. The first-order valence-electron chi connectivity index (χ1n) is 9.24. The van der Waals surface area contributed by atoms with E-state index in [9.17, 15) is 19.2 Å². The molecule has 0 aromatic heterocycles. The number of aryl methyl sites for hydroxylation is 1. The van der Waals surface area contributed by atoms with E-state index in [4.69, 9.17) is 0 Å². The summed E-state index contributed by atoms with van der Waals surface area (Å²) in [7, 11) is 0. The molecular formula is C21H22N4O4. The summed E-state index contributed by atoms with van der Waals surface area (Å²) in [6, 6.07) is 11.8. The van der Waals surface area contributed by atoms with Crippen molar-refractivity contribution in [2.24, 2.45) is 0 Å². The SMILES string of the molecule is CC(=O)Nc1cccc(NC(=O)C(=O)Nc2ccc3c(c2)N(C(C)=O)CCC3)c1. The van der Waals surface area contributed by atoms with E-state index in [0.717, 1.165) is 24.1 Å². The Morgan fingerprint density at radius 3 is 2.07 bits per heavy atom. The first-order chi connectivity index (χ1) is 13.8. The molecule has 29 heavy (non-hydrogen) atoms. The van der Waals surface area contributed by atoms with Crippen LogP contribution in [0.1, 0.15) is 25.8 Å². The number of fused-ring (bicyclic) bond motifs is 1. The van der Waals surface area contributed by atoms with Crippen LogP contribution in [0.4, 0.5) is 22.7 Å². The minimum atomic E-state index is -0.842. The van der Waals surface area contributed by atoms with Gasteiger partial charge in [-0.1, -0.05) is 12.1 Å². The third-order valence-corrected chi connectivity index (χ3v) is 4.49. The van der Waals surface area contributed by atoms with Crippen molar-refractivity contribution in [1.82, 2.24) is 0 Å². The van der Waals surface area contributed by atoms with Crippen LogP contribution >= 0.6 is 0 Å². The molecule has 0 bridgehead atoms. The molecule has 0 saturated carbocycles.